The Hall–Kier alpha value is -3.15. The molecule has 22 heavy (non-hydrogen) atoms. The lowest BCUT2D eigenvalue weighted by Gasteiger charge is -2.08. The van der Waals surface area contributed by atoms with Gasteiger partial charge in [-0.15, -0.1) is 0 Å². The normalized spacial score (nSPS) is 10.9. The fourth-order valence-electron chi connectivity index (χ4n) is 2.16. The van der Waals surface area contributed by atoms with E-state index < -0.39 is 16.9 Å². The lowest BCUT2D eigenvalue weighted by Crippen LogP contribution is -2.03. The first kappa shape index (κ1) is 13.8. The first-order chi connectivity index (χ1) is 10.5. The summed E-state index contributed by atoms with van der Waals surface area (Å²) < 4.78 is 10.8. The lowest BCUT2D eigenvalue weighted by atomic mass is 10.1. The molecule has 0 spiro atoms. The highest BCUT2D eigenvalue weighted by atomic mass is 16.5. The van der Waals surface area contributed by atoms with Crippen molar-refractivity contribution < 1.29 is 24.5 Å². The van der Waals surface area contributed by atoms with Crippen molar-refractivity contribution >= 4 is 21.9 Å². The third kappa shape index (κ3) is 2.10. The zero-order valence-electron chi connectivity index (χ0n) is 11.4. The topological polar surface area (TPSA) is 100 Å². The number of hydrogen-bond donors (Lipinski definition) is 3. The average molecular weight is 300 g/mol. The lowest BCUT2D eigenvalue weighted by molar-refractivity contribution is 0.336. The molecule has 0 bridgehead atoms. The third-order valence-corrected chi connectivity index (χ3v) is 3.20. The molecule has 0 unspecified atom stereocenters. The Morgan fingerprint density at radius 3 is 2.27 bits per heavy atom. The minimum absolute atomic E-state index is 0.0990. The quantitative estimate of drug-likeness (QED) is 0.390. The Morgan fingerprint density at radius 1 is 1.00 bits per heavy atom. The number of aromatic hydroxyl groups is 3. The highest BCUT2D eigenvalue weighted by Crippen LogP contribution is 2.34. The van der Waals surface area contributed by atoms with Gasteiger partial charge >= 0.3 is 0 Å². The summed E-state index contributed by atoms with van der Waals surface area (Å²) in [4.78, 5) is 12.4. The molecule has 0 aliphatic rings. The molecule has 1 heterocycles. The monoisotopic (exact) mass is 300 g/mol. The summed E-state index contributed by atoms with van der Waals surface area (Å²) in [7, 11) is 0. The van der Waals surface area contributed by atoms with Gasteiger partial charge in [0.15, 0.2) is 23.0 Å². The summed E-state index contributed by atoms with van der Waals surface area (Å²) in [5.41, 5.74) is -0.121. The Morgan fingerprint density at radius 2 is 1.59 bits per heavy atom. The van der Waals surface area contributed by atoms with Crippen molar-refractivity contribution in [1.82, 2.24) is 0 Å². The standard InChI is InChI=1S/C16H12O6/c1-2-3-21-15-7-14-9(5-12(15)19)16(20)8-4-10(17)11(18)6-13(8)22-14/h2,4-7,17-19H,1,3H2. The zero-order chi connectivity index (χ0) is 15.9. The van der Waals surface area contributed by atoms with Gasteiger partial charge in [0.05, 0.1) is 10.8 Å². The summed E-state index contributed by atoms with van der Waals surface area (Å²) in [6, 6.07) is 4.90. The van der Waals surface area contributed by atoms with Crippen LogP contribution in [-0.2, 0) is 0 Å². The second-order valence-corrected chi connectivity index (χ2v) is 4.68. The van der Waals surface area contributed by atoms with Gasteiger partial charge in [-0.3, -0.25) is 4.79 Å². The van der Waals surface area contributed by atoms with Gasteiger partial charge in [-0.05, 0) is 12.1 Å². The van der Waals surface area contributed by atoms with E-state index in [1.807, 2.05) is 0 Å². The molecule has 0 saturated heterocycles. The van der Waals surface area contributed by atoms with Crippen LogP contribution < -0.4 is 10.2 Å². The van der Waals surface area contributed by atoms with Gasteiger partial charge in [-0.1, -0.05) is 12.7 Å². The van der Waals surface area contributed by atoms with Gasteiger partial charge in [0.2, 0.25) is 5.43 Å². The van der Waals surface area contributed by atoms with Crippen LogP contribution in [0.3, 0.4) is 0 Å². The zero-order valence-corrected chi connectivity index (χ0v) is 11.4. The maximum absolute atomic E-state index is 12.4. The van der Waals surface area contributed by atoms with E-state index in [0.29, 0.717) is 0 Å². The van der Waals surface area contributed by atoms with Crippen LogP contribution in [0, 0.1) is 0 Å². The van der Waals surface area contributed by atoms with E-state index in [4.69, 9.17) is 9.15 Å². The maximum atomic E-state index is 12.4. The van der Waals surface area contributed by atoms with Crippen LogP contribution in [0.25, 0.3) is 21.9 Å². The molecule has 0 atom stereocenters. The van der Waals surface area contributed by atoms with E-state index in [0.717, 1.165) is 12.1 Å². The minimum atomic E-state index is -0.433. The van der Waals surface area contributed by atoms with E-state index in [9.17, 15) is 20.1 Å². The van der Waals surface area contributed by atoms with E-state index in [1.165, 1.54) is 18.2 Å². The van der Waals surface area contributed by atoms with Crippen LogP contribution in [0.15, 0.2) is 46.1 Å². The van der Waals surface area contributed by atoms with Gasteiger partial charge < -0.3 is 24.5 Å². The largest absolute Gasteiger partial charge is 0.504 e. The van der Waals surface area contributed by atoms with Crippen molar-refractivity contribution in [3.63, 3.8) is 0 Å². The molecule has 3 N–H and O–H groups in total. The summed E-state index contributed by atoms with van der Waals surface area (Å²) in [5, 5.41) is 29.1. The van der Waals surface area contributed by atoms with Crippen molar-refractivity contribution in [2.75, 3.05) is 6.61 Å². The molecule has 0 radical (unpaired) electrons. The Labute approximate surface area is 124 Å². The molecule has 2 aromatic carbocycles. The molecule has 6 nitrogen and oxygen atoms in total. The molecule has 3 rings (SSSR count). The first-order valence-corrected chi connectivity index (χ1v) is 6.40. The number of rotatable bonds is 3. The van der Waals surface area contributed by atoms with Crippen LogP contribution in [0.5, 0.6) is 23.0 Å². The summed E-state index contributed by atoms with van der Waals surface area (Å²) in [6.45, 7) is 3.70. The Balaban J connectivity index is 2.34. The summed E-state index contributed by atoms with van der Waals surface area (Å²) >= 11 is 0. The highest BCUT2D eigenvalue weighted by Gasteiger charge is 2.14. The van der Waals surface area contributed by atoms with Crippen LogP contribution >= 0.6 is 0 Å². The molecule has 0 saturated carbocycles. The summed E-state index contributed by atoms with van der Waals surface area (Å²) in [6.07, 6.45) is 1.51. The number of hydrogen-bond acceptors (Lipinski definition) is 6. The number of phenolic OH excluding ortho intramolecular Hbond substituents is 3. The molecule has 0 aliphatic heterocycles. The molecule has 0 amide bonds. The van der Waals surface area contributed by atoms with E-state index in [2.05, 4.69) is 6.58 Å². The second kappa shape index (κ2) is 5.00. The molecule has 112 valence electrons. The molecule has 0 aliphatic carbocycles. The predicted molar refractivity (Wildman–Crippen MR) is 80.7 cm³/mol. The van der Waals surface area contributed by atoms with Gasteiger partial charge in [0.1, 0.15) is 17.8 Å². The second-order valence-electron chi connectivity index (χ2n) is 4.68. The number of phenols is 3. The van der Waals surface area contributed by atoms with Crippen molar-refractivity contribution in [2.24, 2.45) is 0 Å². The van der Waals surface area contributed by atoms with Crippen LogP contribution in [0.2, 0.25) is 0 Å². The minimum Gasteiger partial charge on any atom is -0.504 e. The molecule has 6 heteroatoms. The number of benzene rings is 2. The smallest absolute Gasteiger partial charge is 0.200 e. The van der Waals surface area contributed by atoms with Crippen molar-refractivity contribution in [3.8, 4) is 23.0 Å². The Kier molecular flexibility index (Phi) is 3.14. The van der Waals surface area contributed by atoms with Crippen LogP contribution in [0.4, 0.5) is 0 Å². The fourth-order valence-corrected chi connectivity index (χ4v) is 2.16. The highest BCUT2D eigenvalue weighted by molar-refractivity contribution is 5.92. The van der Waals surface area contributed by atoms with E-state index in [1.54, 1.807) is 0 Å². The predicted octanol–water partition coefficient (Wildman–Crippen LogP) is 2.63. The number of ether oxygens (including phenoxy) is 1. The van der Waals surface area contributed by atoms with Crippen LogP contribution in [0.1, 0.15) is 0 Å². The van der Waals surface area contributed by atoms with Crippen molar-refractivity contribution in [1.29, 1.82) is 0 Å². The molecule has 1 aromatic heterocycles. The fraction of sp³-hybridized carbons (Fsp3) is 0.0625. The maximum Gasteiger partial charge on any atom is 0.200 e. The van der Waals surface area contributed by atoms with Gasteiger partial charge in [0, 0.05) is 12.1 Å². The third-order valence-electron chi connectivity index (χ3n) is 3.20. The van der Waals surface area contributed by atoms with Crippen molar-refractivity contribution in [2.45, 2.75) is 0 Å². The van der Waals surface area contributed by atoms with Gasteiger partial charge in [-0.2, -0.15) is 0 Å². The molecule has 3 aromatic rings. The Bertz CT molecular complexity index is 954. The average Bonchev–Trinajstić information content (AvgIpc) is 2.49. The molecular weight excluding hydrogens is 288 g/mol. The SMILES string of the molecule is C=CCOc1cc2oc3cc(O)c(O)cc3c(=O)c2cc1O. The van der Waals surface area contributed by atoms with Crippen LogP contribution in [-0.4, -0.2) is 21.9 Å². The first-order valence-electron chi connectivity index (χ1n) is 6.40. The number of fused-ring (bicyclic) bond motifs is 2. The van der Waals surface area contributed by atoms with E-state index >= 15 is 0 Å². The van der Waals surface area contributed by atoms with E-state index in [-0.39, 0.29) is 40.0 Å². The molecule has 0 fully saturated rings. The summed E-state index contributed by atoms with van der Waals surface area (Å²) in [5.74, 6) is -0.867. The van der Waals surface area contributed by atoms with Gasteiger partial charge in [0.25, 0.3) is 0 Å². The van der Waals surface area contributed by atoms with Gasteiger partial charge in [-0.25, -0.2) is 0 Å². The van der Waals surface area contributed by atoms with Crippen molar-refractivity contribution in [3.05, 3.63) is 47.1 Å². The molecular formula is C16H12O6.